The van der Waals surface area contributed by atoms with Crippen molar-refractivity contribution in [2.75, 3.05) is 21.3 Å². The Labute approximate surface area is 234 Å². The molecule has 36 heavy (non-hydrogen) atoms. The maximum atomic E-state index is 13.9. The predicted molar refractivity (Wildman–Crippen MR) is 130 cm³/mol. The van der Waals surface area contributed by atoms with Crippen LogP contribution in [-0.2, 0) is 11.2 Å². The van der Waals surface area contributed by atoms with Crippen LogP contribution in [0.3, 0.4) is 0 Å². The first-order valence-corrected chi connectivity index (χ1v) is 11.3. The van der Waals surface area contributed by atoms with E-state index in [0.717, 1.165) is 17.3 Å². The number of methoxy groups -OCH3 is 3. The molecule has 4 rings (SSSR count). The molecule has 4 aromatic rings. The Kier molecular flexibility index (Phi) is 9.22. The summed E-state index contributed by atoms with van der Waals surface area (Å²) in [5, 5.41) is 12.5. The second-order valence-electron chi connectivity index (χ2n) is 7.51. The Morgan fingerprint density at radius 2 is 1.47 bits per heavy atom. The number of carboxylic acids is 1. The molecule has 0 bridgehead atoms. The van der Waals surface area contributed by atoms with Crippen LogP contribution in [0.1, 0.15) is 21.5 Å². The molecule has 0 fully saturated rings. The van der Waals surface area contributed by atoms with Crippen molar-refractivity contribution in [3.8, 4) is 17.2 Å². The van der Waals surface area contributed by atoms with Gasteiger partial charge in [0, 0.05) is 23.1 Å². The number of aromatic nitrogens is 2. The van der Waals surface area contributed by atoms with E-state index in [1.165, 1.54) is 33.5 Å². The summed E-state index contributed by atoms with van der Waals surface area (Å²) in [7, 11) is 4.34. The molecule has 0 spiro atoms. The number of nitrogens with zero attached hydrogens (tertiary/aromatic N) is 2. The van der Waals surface area contributed by atoms with Crippen molar-refractivity contribution in [2.45, 2.75) is 6.42 Å². The van der Waals surface area contributed by atoms with Crippen molar-refractivity contribution in [3.05, 3.63) is 82.9 Å². The zero-order valence-corrected chi connectivity index (χ0v) is 23.0. The van der Waals surface area contributed by atoms with Crippen molar-refractivity contribution in [1.29, 1.82) is 0 Å². The fraction of sp³-hybridized carbons (Fsp3) is 0.154. The Bertz CT molecular complexity index is 1410. The minimum Gasteiger partial charge on any atom is -0.545 e. The molecule has 8 nitrogen and oxygen atoms in total. The van der Waals surface area contributed by atoms with Crippen LogP contribution in [0.25, 0.3) is 16.6 Å². The summed E-state index contributed by atoms with van der Waals surface area (Å²) in [5.74, 6) is -1.11. The topological polar surface area (TPSA) is 111 Å². The summed E-state index contributed by atoms with van der Waals surface area (Å²) in [6.45, 7) is 0. The molecular formula is C26H21N2NaO6S. The number of carbonyl (C=O) groups is 2. The van der Waals surface area contributed by atoms with Gasteiger partial charge in [-0.05, 0) is 35.4 Å². The average molecular weight is 513 g/mol. The fourth-order valence-electron chi connectivity index (χ4n) is 3.82. The van der Waals surface area contributed by atoms with Crippen LogP contribution in [0.4, 0.5) is 0 Å². The third-order valence-corrected chi connectivity index (χ3v) is 6.03. The molecule has 0 N–H and O–H groups in total. The van der Waals surface area contributed by atoms with Gasteiger partial charge < -0.3 is 24.1 Å². The third kappa shape index (κ3) is 5.60. The van der Waals surface area contributed by atoms with E-state index >= 15 is 0 Å². The second-order valence-corrected chi connectivity index (χ2v) is 8.04. The number of Topliss-reactive ketones (excluding diaryl/α,β-unsaturated/α-hetero) is 1. The zero-order valence-electron chi connectivity index (χ0n) is 20.2. The van der Waals surface area contributed by atoms with Crippen molar-refractivity contribution < 1.29 is 58.5 Å². The summed E-state index contributed by atoms with van der Waals surface area (Å²) >= 11 is 1.02. The second kappa shape index (κ2) is 12.1. The molecule has 0 amide bonds. The van der Waals surface area contributed by atoms with Crippen molar-refractivity contribution in [3.63, 3.8) is 0 Å². The molecule has 0 atom stereocenters. The van der Waals surface area contributed by atoms with Crippen LogP contribution in [0.15, 0.2) is 66.2 Å². The Morgan fingerprint density at radius 3 is 2.06 bits per heavy atom. The van der Waals surface area contributed by atoms with Gasteiger partial charge in [0.2, 0.25) is 5.75 Å². The van der Waals surface area contributed by atoms with Gasteiger partial charge in [-0.3, -0.25) is 4.79 Å². The number of ether oxygens (including phenoxy) is 3. The molecule has 1 heterocycles. The number of rotatable bonds is 9. The van der Waals surface area contributed by atoms with Crippen LogP contribution in [0.2, 0.25) is 0 Å². The van der Waals surface area contributed by atoms with Gasteiger partial charge in [-0.1, -0.05) is 36.4 Å². The first kappa shape index (κ1) is 27.3. The molecule has 0 aliphatic rings. The Morgan fingerprint density at radius 1 is 0.833 bits per heavy atom. The molecule has 0 unspecified atom stereocenters. The molecule has 3 aromatic carbocycles. The number of ketones is 1. The minimum absolute atomic E-state index is 0. The fourth-order valence-corrected chi connectivity index (χ4v) is 4.34. The van der Waals surface area contributed by atoms with Crippen LogP contribution in [-0.4, -0.2) is 41.8 Å². The number of hydrogen-bond acceptors (Lipinski definition) is 9. The van der Waals surface area contributed by atoms with Crippen molar-refractivity contribution in [1.82, 2.24) is 8.75 Å². The van der Waals surface area contributed by atoms with E-state index < -0.39 is 11.8 Å². The summed E-state index contributed by atoms with van der Waals surface area (Å²) in [5.41, 5.74) is 2.24. The van der Waals surface area contributed by atoms with Gasteiger partial charge in [-0.2, -0.15) is 8.75 Å². The third-order valence-electron chi connectivity index (χ3n) is 5.47. The number of carbonyl (C=O) groups excluding carboxylic acids is 2. The Balaban J connectivity index is 0.00000361. The quantitative estimate of drug-likeness (QED) is 0.180. The monoisotopic (exact) mass is 512 g/mol. The van der Waals surface area contributed by atoms with Crippen molar-refractivity contribution >= 4 is 40.1 Å². The van der Waals surface area contributed by atoms with E-state index in [1.54, 1.807) is 18.2 Å². The molecule has 0 radical (unpaired) electrons. The van der Waals surface area contributed by atoms with E-state index in [9.17, 15) is 14.7 Å². The van der Waals surface area contributed by atoms with E-state index in [-0.39, 0.29) is 64.2 Å². The van der Waals surface area contributed by atoms with Crippen molar-refractivity contribution in [2.24, 2.45) is 0 Å². The summed E-state index contributed by atoms with van der Waals surface area (Å²) < 4.78 is 24.5. The first-order valence-electron chi connectivity index (χ1n) is 10.5. The average Bonchev–Trinajstić information content (AvgIpc) is 3.35. The molecule has 10 heteroatoms. The van der Waals surface area contributed by atoms with Gasteiger partial charge in [-0.15, -0.1) is 0 Å². The number of allylic oxidation sites excluding steroid dienone is 1. The molecule has 0 saturated carbocycles. The van der Waals surface area contributed by atoms with E-state index in [4.69, 9.17) is 14.2 Å². The van der Waals surface area contributed by atoms with Gasteiger partial charge in [0.05, 0.1) is 39.0 Å². The van der Waals surface area contributed by atoms with Gasteiger partial charge >= 0.3 is 29.6 Å². The maximum absolute atomic E-state index is 13.9. The number of aliphatic carboxylic acids is 1. The van der Waals surface area contributed by atoms with Crippen LogP contribution in [0.5, 0.6) is 17.2 Å². The van der Waals surface area contributed by atoms with Gasteiger partial charge in [-0.25, -0.2) is 0 Å². The predicted octanol–water partition coefficient (Wildman–Crippen LogP) is 0.350. The number of benzene rings is 3. The summed E-state index contributed by atoms with van der Waals surface area (Å²) in [6, 6.07) is 17.0. The zero-order chi connectivity index (χ0) is 24.9. The minimum atomic E-state index is -1.47. The first-order chi connectivity index (χ1) is 17.0. The molecular weight excluding hydrogens is 491 g/mol. The number of fused-ring (bicyclic) bond motifs is 1. The van der Waals surface area contributed by atoms with Crippen LogP contribution >= 0.6 is 11.7 Å². The van der Waals surface area contributed by atoms with E-state index in [2.05, 4.69) is 8.75 Å². The number of hydrogen-bond donors (Lipinski definition) is 0. The normalized spacial score (nSPS) is 11.3. The van der Waals surface area contributed by atoms with Crippen LogP contribution < -0.4 is 48.9 Å². The van der Waals surface area contributed by atoms with E-state index in [1.807, 2.05) is 30.3 Å². The molecule has 0 saturated heterocycles. The number of carboxylic acid groups (broad SMARTS) is 1. The molecule has 0 aliphatic carbocycles. The van der Waals surface area contributed by atoms with Gasteiger partial charge in [0.25, 0.3) is 0 Å². The van der Waals surface area contributed by atoms with Gasteiger partial charge in [0.1, 0.15) is 11.0 Å². The summed E-state index contributed by atoms with van der Waals surface area (Å²) in [6.07, 6.45) is 0.0625. The molecule has 178 valence electrons. The largest absolute Gasteiger partial charge is 1.00 e. The molecule has 0 aliphatic heterocycles. The van der Waals surface area contributed by atoms with Crippen LogP contribution in [0, 0.1) is 0 Å². The van der Waals surface area contributed by atoms with Gasteiger partial charge in [0.15, 0.2) is 17.3 Å². The smallest absolute Gasteiger partial charge is 0.545 e. The molecule has 1 aromatic heterocycles. The SMILES string of the molecule is COc1cc(C(=O)C(Cc2ccccc2)=C(C(=O)[O-])c2ccc3nsnc3c2)cc(OC)c1OC.[Na+]. The summed E-state index contributed by atoms with van der Waals surface area (Å²) in [4.78, 5) is 26.4. The maximum Gasteiger partial charge on any atom is 1.00 e. The van der Waals surface area contributed by atoms with E-state index in [0.29, 0.717) is 22.3 Å². The standard InChI is InChI=1S/C26H22N2O6S.Na/c1-32-21-13-17(14-22(33-2)25(21)34-3)24(29)18(11-15-7-5-4-6-8-15)23(26(30)31)16-9-10-19-20(12-16)28-35-27-19;/h4-10,12-14H,11H2,1-3H3,(H,30,31);/q;+1/p-1. The Hall–Kier alpha value is -3.24.